The van der Waals surface area contributed by atoms with E-state index in [0.717, 1.165) is 42.3 Å². The minimum absolute atomic E-state index is 0.0251. The van der Waals surface area contributed by atoms with E-state index in [1.165, 1.54) is 18.4 Å². The largest absolute Gasteiger partial charge is 0.378 e. The number of anilines is 1. The number of nitrogens with zero attached hydrogens (tertiary/aromatic N) is 3. The lowest BCUT2D eigenvalue weighted by molar-refractivity contribution is -0.135. The van der Waals surface area contributed by atoms with Crippen molar-refractivity contribution in [2.24, 2.45) is 11.8 Å². The first kappa shape index (κ1) is 20.0. The summed E-state index contributed by atoms with van der Waals surface area (Å²) in [5, 5.41) is 4.46. The third kappa shape index (κ3) is 4.64. The highest BCUT2D eigenvalue weighted by Crippen LogP contribution is 2.35. The first-order chi connectivity index (χ1) is 14.0. The van der Waals surface area contributed by atoms with E-state index >= 15 is 0 Å². The summed E-state index contributed by atoms with van der Waals surface area (Å²) in [6.45, 7) is 10.3. The molecule has 2 fully saturated rings. The molecule has 1 aliphatic carbocycles. The summed E-state index contributed by atoms with van der Waals surface area (Å²) in [6.07, 6.45) is 2.43. The molecule has 1 saturated heterocycles. The highest BCUT2D eigenvalue weighted by molar-refractivity contribution is 5.79. The lowest BCUT2D eigenvalue weighted by Gasteiger charge is -2.29. The molecule has 1 aliphatic heterocycles. The molecule has 1 amide bonds. The average Bonchev–Trinajstić information content (AvgIpc) is 3.44. The number of hydrogen-bond donors (Lipinski definition) is 0. The predicted octanol–water partition coefficient (Wildman–Crippen LogP) is 3.88. The maximum Gasteiger partial charge on any atom is 0.233 e. The minimum Gasteiger partial charge on any atom is -0.378 e. The first-order valence-corrected chi connectivity index (χ1v) is 10.7. The molecule has 2 heterocycles. The molecule has 0 bridgehead atoms. The third-order valence-electron chi connectivity index (χ3n) is 5.69. The van der Waals surface area contributed by atoms with Gasteiger partial charge in [0, 0.05) is 31.1 Å². The van der Waals surface area contributed by atoms with Crippen LogP contribution in [0.25, 0.3) is 11.3 Å². The number of aryl methyl sites for hydroxylation is 1. The van der Waals surface area contributed by atoms with Gasteiger partial charge in [-0.15, -0.1) is 0 Å². The van der Waals surface area contributed by atoms with Crippen LogP contribution in [0.5, 0.6) is 0 Å². The van der Waals surface area contributed by atoms with Crippen molar-refractivity contribution in [3.05, 3.63) is 35.4 Å². The Kier molecular flexibility index (Phi) is 5.90. The van der Waals surface area contributed by atoms with Gasteiger partial charge < -0.3 is 19.1 Å². The molecule has 29 heavy (non-hydrogen) atoms. The number of carbonyl (C=O) groups excluding carboxylic acids is 1. The van der Waals surface area contributed by atoms with E-state index in [1.807, 2.05) is 24.8 Å². The molecule has 2 aromatic rings. The number of amides is 1. The molecular weight excluding hydrogens is 366 g/mol. The summed E-state index contributed by atoms with van der Waals surface area (Å²) in [6, 6.07) is 8.31. The van der Waals surface area contributed by atoms with Crippen molar-refractivity contribution in [2.45, 2.75) is 40.2 Å². The number of benzene rings is 1. The quantitative estimate of drug-likeness (QED) is 0.710. The zero-order valence-electron chi connectivity index (χ0n) is 17.7. The predicted molar refractivity (Wildman–Crippen MR) is 113 cm³/mol. The Balaban J connectivity index is 1.71. The van der Waals surface area contributed by atoms with E-state index in [4.69, 9.17) is 9.26 Å². The molecule has 4 rings (SSSR count). The summed E-state index contributed by atoms with van der Waals surface area (Å²) >= 11 is 0. The minimum atomic E-state index is -0.0251. The second-order valence-electron chi connectivity index (χ2n) is 8.60. The summed E-state index contributed by atoms with van der Waals surface area (Å²) in [5.74, 6) is 1.58. The smallest absolute Gasteiger partial charge is 0.233 e. The molecule has 0 atom stereocenters. The van der Waals surface area contributed by atoms with Crippen LogP contribution in [0.1, 0.15) is 37.8 Å². The Morgan fingerprint density at radius 1 is 1.28 bits per heavy atom. The molecule has 0 unspecified atom stereocenters. The Hall–Kier alpha value is -2.34. The number of carbonyl (C=O) groups is 1. The summed E-state index contributed by atoms with van der Waals surface area (Å²) in [7, 11) is 0. The van der Waals surface area contributed by atoms with Crippen molar-refractivity contribution < 1.29 is 14.1 Å². The van der Waals surface area contributed by atoms with Gasteiger partial charge in [0.25, 0.3) is 0 Å². The Labute approximate surface area is 172 Å². The summed E-state index contributed by atoms with van der Waals surface area (Å²) < 4.78 is 11.4. The second kappa shape index (κ2) is 8.57. The highest BCUT2D eigenvalue weighted by Gasteiger charge is 2.31. The van der Waals surface area contributed by atoms with Gasteiger partial charge in [0.15, 0.2) is 0 Å². The first-order valence-electron chi connectivity index (χ1n) is 10.7. The van der Waals surface area contributed by atoms with Gasteiger partial charge in [-0.1, -0.05) is 42.8 Å². The molecule has 6 nitrogen and oxygen atoms in total. The van der Waals surface area contributed by atoms with Crippen molar-refractivity contribution >= 4 is 11.8 Å². The zero-order valence-corrected chi connectivity index (χ0v) is 17.7. The van der Waals surface area contributed by atoms with E-state index in [0.29, 0.717) is 25.7 Å². The number of ether oxygens (including phenoxy) is 1. The number of morpholine rings is 1. The Bertz CT molecular complexity index is 851. The van der Waals surface area contributed by atoms with Gasteiger partial charge in [0.05, 0.1) is 25.3 Å². The van der Waals surface area contributed by atoms with Crippen LogP contribution >= 0.6 is 0 Å². The van der Waals surface area contributed by atoms with Gasteiger partial charge in [-0.25, -0.2) is 0 Å². The van der Waals surface area contributed by atoms with Crippen molar-refractivity contribution in [1.82, 2.24) is 10.1 Å². The van der Waals surface area contributed by atoms with E-state index in [1.54, 1.807) is 0 Å². The van der Waals surface area contributed by atoms with Crippen molar-refractivity contribution in [3.8, 4) is 11.3 Å². The SMILES string of the molecule is Cc1cccc(-c2noc(N3CCOCC3)c2CN(CC2CC2)C(=O)C(C)C)c1. The number of hydrogen-bond acceptors (Lipinski definition) is 5. The van der Waals surface area contributed by atoms with Crippen molar-refractivity contribution in [3.63, 3.8) is 0 Å². The average molecular weight is 398 g/mol. The number of rotatable bonds is 7. The van der Waals surface area contributed by atoms with Gasteiger partial charge in [0.1, 0.15) is 5.69 Å². The van der Waals surface area contributed by atoms with Gasteiger partial charge in [-0.3, -0.25) is 4.79 Å². The monoisotopic (exact) mass is 397 g/mol. The van der Waals surface area contributed by atoms with E-state index in [2.05, 4.69) is 35.2 Å². The normalized spacial score (nSPS) is 17.0. The van der Waals surface area contributed by atoms with Gasteiger partial charge in [0.2, 0.25) is 11.8 Å². The second-order valence-corrected chi connectivity index (χ2v) is 8.60. The molecule has 2 aliphatic rings. The van der Waals surface area contributed by atoms with Crippen LogP contribution in [-0.4, -0.2) is 48.8 Å². The van der Waals surface area contributed by atoms with Crippen molar-refractivity contribution in [1.29, 1.82) is 0 Å². The molecule has 0 N–H and O–H groups in total. The van der Waals surface area contributed by atoms with E-state index < -0.39 is 0 Å². The standard InChI is InChI=1S/C23H31N3O3/c1-16(2)22(27)26(14-18-7-8-18)15-20-21(19-6-4-5-17(3)13-19)24-29-23(20)25-9-11-28-12-10-25/h4-6,13,16,18H,7-12,14-15H2,1-3H3. The fourth-order valence-corrected chi connectivity index (χ4v) is 3.88. The molecule has 0 radical (unpaired) electrons. The maximum absolute atomic E-state index is 13.0. The Morgan fingerprint density at radius 2 is 2.03 bits per heavy atom. The molecule has 1 saturated carbocycles. The van der Waals surface area contributed by atoms with Crippen LogP contribution in [0.2, 0.25) is 0 Å². The van der Waals surface area contributed by atoms with Crippen LogP contribution in [0, 0.1) is 18.8 Å². The topological polar surface area (TPSA) is 58.8 Å². The zero-order chi connectivity index (χ0) is 20.4. The van der Waals surface area contributed by atoms with E-state index in [9.17, 15) is 4.79 Å². The highest BCUT2D eigenvalue weighted by atomic mass is 16.5. The van der Waals surface area contributed by atoms with Crippen LogP contribution in [-0.2, 0) is 16.1 Å². The Morgan fingerprint density at radius 3 is 2.69 bits per heavy atom. The third-order valence-corrected chi connectivity index (χ3v) is 5.69. The summed E-state index contributed by atoms with van der Waals surface area (Å²) in [5.41, 5.74) is 4.06. The lowest BCUT2D eigenvalue weighted by Crippen LogP contribution is -2.38. The summed E-state index contributed by atoms with van der Waals surface area (Å²) in [4.78, 5) is 17.2. The fraction of sp³-hybridized carbons (Fsp3) is 0.565. The maximum atomic E-state index is 13.0. The van der Waals surface area contributed by atoms with Crippen LogP contribution < -0.4 is 4.90 Å². The van der Waals surface area contributed by atoms with Crippen LogP contribution in [0.3, 0.4) is 0 Å². The van der Waals surface area contributed by atoms with Crippen LogP contribution in [0.4, 0.5) is 5.88 Å². The van der Waals surface area contributed by atoms with Crippen LogP contribution in [0.15, 0.2) is 28.8 Å². The number of aromatic nitrogens is 1. The molecular formula is C23H31N3O3. The van der Waals surface area contributed by atoms with Gasteiger partial charge in [-0.2, -0.15) is 0 Å². The molecule has 1 aromatic carbocycles. The molecule has 1 aromatic heterocycles. The van der Waals surface area contributed by atoms with E-state index in [-0.39, 0.29) is 11.8 Å². The van der Waals surface area contributed by atoms with Gasteiger partial charge in [-0.05, 0) is 31.7 Å². The fourth-order valence-electron chi connectivity index (χ4n) is 3.88. The lowest BCUT2D eigenvalue weighted by atomic mass is 10.0. The molecule has 156 valence electrons. The molecule has 6 heteroatoms. The molecule has 0 spiro atoms. The van der Waals surface area contributed by atoms with Crippen molar-refractivity contribution in [2.75, 3.05) is 37.7 Å². The van der Waals surface area contributed by atoms with Gasteiger partial charge >= 0.3 is 0 Å².